The molecular formula is C25H20ClFN6O. The predicted molar refractivity (Wildman–Crippen MR) is 129 cm³/mol. The lowest BCUT2D eigenvalue weighted by molar-refractivity contribution is -0.116. The van der Waals surface area contributed by atoms with E-state index in [1.54, 1.807) is 40.1 Å². The van der Waals surface area contributed by atoms with Gasteiger partial charge in [0.1, 0.15) is 12.4 Å². The van der Waals surface area contributed by atoms with Crippen LogP contribution in [0, 0.1) is 12.7 Å². The number of halogens is 2. The normalized spacial score (nSPS) is 11.1. The lowest BCUT2D eigenvalue weighted by Gasteiger charge is -2.06. The molecule has 5 aromatic rings. The smallest absolute Gasteiger partial charge is 0.246 e. The molecule has 3 aromatic heterocycles. The van der Waals surface area contributed by atoms with Gasteiger partial charge >= 0.3 is 0 Å². The van der Waals surface area contributed by atoms with E-state index in [-0.39, 0.29) is 18.3 Å². The number of nitrogens with zero attached hydrogens (tertiary/aromatic N) is 5. The zero-order chi connectivity index (χ0) is 23.7. The van der Waals surface area contributed by atoms with Crippen LogP contribution >= 0.6 is 11.6 Å². The molecule has 1 amide bonds. The van der Waals surface area contributed by atoms with Gasteiger partial charge in [0.15, 0.2) is 5.65 Å². The Morgan fingerprint density at radius 3 is 2.71 bits per heavy atom. The molecule has 0 radical (unpaired) electrons. The largest absolute Gasteiger partial charge is 0.322 e. The zero-order valence-electron chi connectivity index (χ0n) is 18.2. The average molecular weight is 475 g/mol. The summed E-state index contributed by atoms with van der Waals surface area (Å²) < 4.78 is 16.6. The van der Waals surface area contributed by atoms with Crippen molar-refractivity contribution in [3.05, 3.63) is 95.3 Å². The minimum Gasteiger partial charge on any atom is -0.322 e. The first-order valence-corrected chi connectivity index (χ1v) is 11.0. The maximum atomic E-state index is 13.4. The van der Waals surface area contributed by atoms with E-state index in [4.69, 9.17) is 11.6 Å². The first-order chi connectivity index (χ1) is 16.5. The number of carbonyl (C=O) groups excluding carboxylic acids is 1. The molecule has 170 valence electrons. The van der Waals surface area contributed by atoms with Crippen LogP contribution in [0.25, 0.3) is 22.2 Å². The van der Waals surface area contributed by atoms with E-state index in [1.165, 1.54) is 12.1 Å². The van der Waals surface area contributed by atoms with Crippen molar-refractivity contribution >= 4 is 34.2 Å². The molecule has 1 N–H and O–H groups in total. The SMILES string of the molecule is Cc1nn(CC(=O)Nc2cnn(Cc3ccccc3Cl)c2)c2nccc(-c3ccc(F)cc3)c12. The van der Waals surface area contributed by atoms with Crippen molar-refractivity contribution < 1.29 is 9.18 Å². The molecular weight excluding hydrogens is 455 g/mol. The molecule has 0 bridgehead atoms. The van der Waals surface area contributed by atoms with E-state index in [1.807, 2.05) is 37.3 Å². The molecule has 0 saturated carbocycles. The summed E-state index contributed by atoms with van der Waals surface area (Å²) in [6.45, 7) is 2.35. The van der Waals surface area contributed by atoms with Gasteiger partial charge in [-0.15, -0.1) is 0 Å². The second-order valence-electron chi connectivity index (χ2n) is 7.87. The molecule has 2 aromatic carbocycles. The molecule has 0 saturated heterocycles. The summed E-state index contributed by atoms with van der Waals surface area (Å²) in [7, 11) is 0. The molecule has 3 heterocycles. The quantitative estimate of drug-likeness (QED) is 0.372. The summed E-state index contributed by atoms with van der Waals surface area (Å²) in [5, 5.41) is 13.2. The van der Waals surface area contributed by atoms with Crippen LogP contribution in [0.1, 0.15) is 11.3 Å². The first-order valence-electron chi connectivity index (χ1n) is 10.6. The Morgan fingerprint density at radius 2 is 1.91 bits per heavy atom. The van der Waals surface area contributed by atoms with Crippen molar-refractivity contribution in [1.29, 1.82) is 0 Å². The maximum absolute atomic E-state index is 13.4. The molecule has 0 atom stereocenters. The molecule has 0 aliphatic heterocycles. The fraction of sp³-hybridized carbons (Fsp3) is 0.120. The molecule has 0 aliphatic carbocycles. The van der Waals surface area contributed by atoms with E-state index in [2.05, 4.69) is 20.5 Å². The first kappa shape index (κ1) is 21.8. The van der Waals surface area contributed by atoms with Crippen molar-refractivity contribution in [3.8, 4) is 11.1 Å². The Labute approximate surface area is 199 Å². The third-order valence-electron chi connectivity index (χ3n) is 5.46. The lowest BCUT2D eigenvalue weighted by Crippen LogP contribution is -2.19. The Hall–Kier alpha value is -4.04. The van der Waals surface area contributed by atoms with Crippen LogP contribution in [0.4, 0.5) is 10.1 Å². The number of anilines is 1. The number of hydrogen-bond acceptors (Lipinski definition) is 4. The number of carbonyl (C=O) groups is 1. The van der Waals surface area contributed by atoms with E-state index >= 15 is 0 Å². The highest BCUT2D eigenvalue weighted by molar-refractivity contribution is 6.31. The van der Waals surface area contributed by atoms with Crippen LogP contribution in [-0.2, 0) is 17.9 Å². The van der Waals surface area contributed by atoms with Crippen molar-refractivity contribution in [2.45, 2.75) is 20.0 Å². The molecule has 34 heavy (non-hydrogen) atoms. The van der Waals surface area contributed by atoms with E-state index < -0.39 is 0 Å². The number of aromatic nitrogens is 5. The van der Waals surface area contributed by atoms with Crippen LogP contribution in [0.2, 0.25) is 5.02 Å². The Kier molecular flexibility index (Phi) is 5.81. The van der Waals surface area contributed by atoms with Gasteiger partial charge in [0.05, 0.1) is 24.1 Å². The van der Waals surface area contributed by atoms with Crippen LogP contribution in [-0.4, -0.2) is 30.5 Å². The van der Waals surface area contributed by atoms with Crippen LogP contribution in [0.5, 0.6) is 0 Å². The van der Waals surface area contributed by atoms with Gasteiger partial charge in [-0.1, -0.05) is 41.9 Å². The number of pyridine rings is 1. The van der Waals surface area contributed by atoms with Gasteiger partial charge < -0.3 is 5.32 Å². The number of rotatable bonds is 6. The summed E-state index contributed by atoms with van der Waals surface area (Å²) in [5.74, 6) is -0.552. The Bertz CT molecular complexity index is 1490. The summed E-state index contributed by atoms with van der Waals surface area (Å²) in [5.41, 5.74) is 4.57. The van der Waals surface area contributed by atoms with Crippen molar-refractivity contribution in [2.24, 2.45) is 0 Å². The Morgan fingerprint density at radius 1 is 1.12 bits per heavy atom. The standard InChI is InChI=1S/C25H20ClFN6O/c1-16-24-21(17-6-8-19(27)9-7-17)10-11-28-25(24)33(31-16)15-23(34)30-20-12-29-32(14-20)13-18-4-2-3-5-22(18)26/h2-12,14H,13,15H2,1H3,(H,30,34). The Balaban J connectivity index is 1.34. The summed E-state index contributed by atoms with van der Waals surface area (Å²) in [4.78, 5) is 17.2. The van der Waals surface area contributed by atoms with E-state index in [0.717, 1.165) is 27.8 Å². The number of amides is 1. The highest BCUT2D eigenvalue weighted by Crippen LogP contribution is 2.30. The molecule has 0 aliphatic rings. The topological polar surface area (TPSA) is 77.6 Å². The summed E-state index contributed by atoms with van der Waals surface area (Å²) in [6, 6.07) is 15.7. The van der Waals surface area contributed by atoms with Gasteiger partial charge in [-0.05, 0) is 47.9 Å². The number of hydrogen-bond donors (Lipinski definition) is 1. The van der Waals surface area contributed by atoms with Gasteiger partial charge in [0.2, 0.25) is 5.91 Å². The van der Waals surface area contributed by atoms with Crippen molar-refractivity contribution in [3.63, 3.8) is 0 Å². The molecule has 7 nitrogen and oxygen atoms in total. The molecule has 0 fully saturated rings. The third-order valence-corrected chi connectivity index (χ3v) is 5.83. The fourth-order valence-electron chi connectivity index (χ4n) is 3.91. The number of aryl methyl sites for hydroxylation is 1. The van der Waals surface area contributed by atoms with Gasteiger partial charge in [-0.25, -0.2) is 14.1 Å². The van der Waals surface area contributed by atoms with Crippen LogP contribution in [0.3, 0.4) is 0 Å². The highest BCUT2D eigenvalue weighted by Gasteiger charge is 2.16. The number of fused-ring (bicyclic) bond motifs is 1. The fourth-order valence-corrected chi connectivity index (χ4v) is 4.11. The van der Waals surface area contributed by atoms with Crippen LogP contribution in [0.15, 0.2) is 73.2 Å². The van der Waals surface area contributed by atoms with Crippen LogP contribution < -0.4 is 5.32 Å². The monoisotopic (exact) mass is 474 g/mol. The predicted octanol–water partition coefficient (Wildman–Crippen LogP) is 5.08. The minimum atomic E-state index is -0.298. The molecule has 9 heteroatoms. The summed E-state index contributed by atoms with van der Waals surface area (Å²) in [6.07, 6.45) is 5.00. The second kappa shape index (κ2) is 9.07. The molecule has 0 spiro atoms. The average Bonchev–Trinajstić information content (AvgIpc) is 3.39. The minimum absolute atomic E-state index is 0.0140. The van der Waals surface area contributed by atoms with E-state index in [0.29, 0.717) is 22.9 Å². The molecule has 0 unspecified atom stereocenters. The van der Waals surface area contributed by atoms with E-state index in [9.17, 15) is 9.18 Å². The summed E-state index contributed by atoms with van der Waals surface area (Å²) >= 11 is 6.22. The second-order valence-corrected chi connectivity index (χ2v) is 8.28. The van der Waals surface area contributed by atoms with Crippen molar-refractivity contribution in [1.82, 2.24) is 24.5 Å². The zero-order valence-corrected chi connectivity index (χ0v) is 19.0. The van der Waals surface area contributed by atoms with Gasteiger partial charge in [0.25, 0.3) is 0 Å². The lowest BCUT2D eigenvalue weighted by atomic mass is 10.0. The van der Waals surface area contributed by atoms with Gasteiger partial charge in [-0.3, -0.25) is 9.48 Å². The van der Waals surface area contributed by atoms with Crippen molar-refractivity contribution in [2.75, 3.05) is 5.32 Å². The van der Waals surface area contributed by atoms with Gasteiger partial charge in [-0.2, -0.15) is 10.2 Å². The number of nitrogens with one attached hydrogen (secondary N) is 1. The number of benzene rings is 2. The highest BCUT2D eigenvalue weighted by atomic mass is 35.5. The van der Waals surface area contributed by atoms with Gasteiger partial charge in [0, 0.05) is 22.8 Å². The maximum Gasteiger partial charge on any atom is 0.246 e. The third kappa shape index (κ3) is 4.40. The molecule has 5 rings (SSSR count).